The van der Waals surface area contributed by atoms with E-state index in [9.17, 15) is 15.1 Å². The minimum atomic E-state index is -1.000. The van der Waals surface area contributed by atoms with Crippen LogP contribution in [0.3, 0.4) is 0 Å². The molecule has 0 bridgehead atoms. The van der Waals surface area contributed by atoms with Crippen molar-refractivity contribution in [3.63, 3.8) is 0 Å². The molecule has 10 rings (SSSR count). The Balaban J connectivity index is 1.59. The van der Waals surface area contributed by atoms with Crippen LogP contribution in [-0.4, -0.2) is 0 Å². The van der Waals surface area contributed by atoms with Gasteiger partial charge in [-0.3, -0.25) is 0 Å². The Bertz CT molecular complexity index is 4190. The highest BCUT2D eigenvalue weighted by atomic mass is 16.3. The second-order valence-electron chi connectivity index (χ2n) is 10.9. The standard InChI is InChI=1S/C48H30O/c1-3-14-31(15-4-1)38-24-13-25-43-46(47(49-48(38)43)35-28-29-37-34(30-35)27-26-32-16-7-8-19-36(32)37)45-41-22-11-9-20-39(41)44(33-17-5-2-6-18-33)40-21-10-12-23-42(40)45/h1-30H/i1D,3D,4D,7D,8D,9D,10D,11D,12D,13D,14D,15D,16D,19D,20D,21D,22D,23D,24D,25D,26D,27D,28D,29D,30D. The molecule has 0 N–H and O–H groups in total. The van der Waals surface area contributed by atoms with Crippen LogP contribution in [0.5, 0.6) is 0 Å². The average molecular weight is 648 g/mol. The molecule has 1 aromatic heterocycles. The molecule has 1 nitrogen and oxygen atoms in total. The van der Waals surface area contributed by atoms with E-state index in [0.29, 0.717) is 0 Å². The summed E-state index contributed by atoms with van der Waals surface area (Å²) in [6.07, 6.45) is 0. The van der Waals surface area contributed by atoms with Crippen LogP contribution in [-0.2, 0) is 0 Å². The highest BCUT2D eigenvalue weighted by Crippen LogP contribution is 2.51. The third kappa shape index (κ3) is 4.33. The molecule has 0 unspecified atom stereocenters. The van der Waals surface area contributed by atoms with Gasteiger partial charge in [0.2, 0.25) is 0 Å². The molecular formula is C48H30O. The Morgan fingerprint density at radius 1 is 0.367 bits per heavy atom. The molecule has 228 valence electrons. The monoisotopic (exact) mass is 647 g/mol. The Hall–Kier alpha value is -6.44. The molecule has 0 atom stereocenters. The van der Waals surface area contributed by atoms with Crippen LogP contribution >= 0.6 is 0 Å². The lowest BCUT2D eigenvalue weighted by atomic mass is 9.84. The summed E-state index contributed by atoms with van der Waals surface area (Å²) in [4.78, 5) is 0. The zero-order chi connectivity index (χ0) is 54.1. The lowest BCUT2D eigenvalue weighted by Crippen LogP contribution is -1.91. The summed E-state index contributed by atoms with van der Waals surface area (Å²) in [5, 5.41) is -4.60. The number of para-hydroxylation sites is 1. The molecule has 1 heteroatoms. The molecule has 0 saturated carbocycles. The predicted octanol–water partition coefficient (Wildman–Crippen LogP) is 13.7. The van der Waals surface area contributed by atoms with Gasteiger partial charge in [0.25, 0.3) is 0 Å². The molecule has 49 heavy (non-hydrogen) atoms. The van der Waals surface area contributed by atoms with E-state index >= 15 is 0 Å². The van der Waals surface area contributed by atoms with E-state index in [1.807, 2.05) is 0 Å². The lowest BCUT2D eigenvalue weighted by Gasteiger charge is -2.18. The zero-order valence-electron chi connectivity index (χ0n) is 49.8. The maximum atomic E-state index is 9.88. The average Bonchev–Trinajstić information content (AvgIpc) is 3.76. The van der Waals surface area contributed by atoms with E-state index in [1.54, 1.807) is 18.2 Å². The largest absolute Gasteiger partial charge is 0.455 e. The normalized spacial score (nSPS) is 18.8. The Morgan fingerprint density at radius 2 is 0.959 bits per heavy atom. The first kappa shape index (κ1) is 12.5. The zero-order valence-corrected chi connectivity index (χ0v) is 24.8. The maximum Gasteiger partial charge on any atom is 0.143 e. The van der Waals surface area contributed by atoms with Crippen molar-refractivity contribution in [1.82, 2.24) is 0 Å². The first-order valence-corrected chi connectivity index (χ1v) is 14.8. The summed E-state index contributed by atoms with van der Waals surface area (Å²) in [7, 11) is 0. The number of hydrogen-bond donors (Lipinski definition) is 0. The fourth-order valence-corrected chi connectivity index (χ4v) is 6.19. The van der Waals surface area contributed by atoms with Gasteiger partial charge in [0.1, 0.15) is 11.3 Å². The van der Waals surface area contributed by atoms with Gasteiger partial charge in [-0.05, 0) is 65.8 Å². The van der Waals surface area contributed by atoms with Crippen LogP contribution in [0, 0.1) is 0 Å². The molecule has 10 aromatic rings. The van der Waals surface area contributed by atoms with Gasteiger partial charge in [-0.1, -0.05) is 175 Å². The summed E-state index contributed by atoms with van der Waals surface area (Å²) in [6.45, 7) is 0. The third-order valence-electron chi connectivity index (χ3n) is 8.24. The molecule has 0 fully saturated rings. The van der Waals surface area contributed by atoms with Crippen molar-refractivity contribution in [3.05, 3.63) is 181 Å². The van der Waals surface area contributed by atoms with Gasteiger partial charge in [-0.15, -0.1) is 0 Å². The van der Waals surface area contributed by atoms with Gasteiger partial charge in [0.05, 0.1) is 34.3 Å². The van der Waals surface area contributed by atoms with E-state index in [1.165, 1.54) is 12.1 Å². The molecule has 0 saturated heterocycles. The molecule has 9 aromatic carbocycles. The minimum absolute atomic E-state index is 0.118. The maximum absolute atomic E-state index is 9.88. The van der Waals surface area contributed by atoms with Crippen LogP contribution in [0.1, 0.15) is 34.3 Å². The van der Waals surface area contributed by atoms with Gasteiger partial charge in [0.15, 0.2) is 0 Å². The summed E-state index contributed by atoms with van der Waals surface area (Å²) in [5.41, 5.74) is -4.23. The van der Waals surface area contributed by atoms with Crippen LogP contribution in [0.25, 0.3) is 98.8 Å². The number of hydrogen-bond acceptors (Lipinski definition) is 1. The molecule has 0 radical (unpaired) electrons. The van der Waals surface area contributed by atoms with Crippen LogP contribution < -0.4 is 0 Å². The van der Waals surface area contributed by atoms with Crippen LogP contribution in [0.2, 0.25) is 0 Å². The third-order valence-corrected chi connectivity index (χ3v) is 8.24. The van der Waals surface area contributed by atoms with E-state index in [4.69, 9.17) is 23.6 Å². The van der Waals surface area contributed by atoms with Gasteiger partial charge < -0.3 is 4.42 Å². The van der Waals surface area contributed by atoms with E-state index in [-0.39, 0.29) is 21.9 Å². The second-order valence-corrected chi connectivity index (χ2v) is 10.9. The summed E-state index contributed by atoms with van der Waals surface area (Å²) in [6, 6.07) is -13.7. The molecule has 0 aliphatic heterocycles. The topological polar surface area (TPSA) is 13.1 Å². The molecular weight excluding hydrogens is 593 g/mol. The quantitative estimate of drug-likeness (QED) is 0.137. The fraction of sp³-hybridized carbons (Fsp3) is 0. The highest BCUT2D eigenvalue weighted by molar-refractivity contribution is 6.25. The van der Waals surface area contributed by atoms with Gasteiger partial charge in [-0.2, -0.15) is 0 Å². The highest BCUT2D eigenvalue weighted by Gasteiger charge is 2.25. The summed E-state index contributed by atoms with van der Waals surface area (Å²) in [5.74, 6) is -0.853. The SMILES string of the molecule is [2H]c1c([2H])c([2H])c(-c2c([2H])c([2H])c([2H])c3c(-c4c5c([2H])c([2H])c([2H])c([2H])c5c(-c5ccccc5)c5c([2H])c([2H])c([2H])c([2H])c45)c(-c4c([2H])c([2H])c5c(c4[2H])c([2H])c([2H])c4c([2H])c([2H])c([2H])c([2H])c45)oc23)c([2H])c1[2H]. The second kappa shape index (κ2) is 11.1. The van der Waals surface area contributed by atoms with Gasteiger partial charge >= 0.3 is 0 Å². The van der Waals surface area contributed by atoms with Crippen molar-refractivity contribution >= 4 is 54.1 Å². The Morgan fingerprint density at radius 3 is 1.69 bits per heavy atom. The Kier molecular flexibility index (Phi) is 2.84. The summed E-state index contributed by atoms with van der Waals surface area (Å²) >= 11 is 0. The van der Waals surface area contributed by atoms with Crippen molar-refractivity contribution in [2.75, 3.05) is 0 Å². The molecule has 0 aliphatic rings. The van der Waals surface area contributed by atoms with Crippen molar-refractivity contribution in [2.24, 2.45) is 0 Å². The molecule has 0 amide bonds. The predicted molar refractivity (Wildman–Crippen MR) is 208 cm³/mol. The van der Waals surface area contributed by atoms with Gasteiger partial charge in [0, 0.05) is 27.6 Å². The number of fused-ring (bicyclic) bond motifs is 6. The van der Waals surface area contributed by atoms with Crippen molar-refractivity contribution in [3.8, 4) is 44.7 Å². The summed E-state index contributed by atoms with van der Waals surface area (Å²) < 4.78 is 234. The van der Waals surface area contributed by atoms with Gasteiger partial charge in [-0.25, -0.2) is 0 Å². The lowest BCUT2D eigenvalue weighted by molar-refractivity contribution is 0.633. The Labute approximate surface area is 319 Å². The van der Waals surface area contributed by atoms with Crippen molar-refractivity contribution in [1.29, 1.82) is 0 Å². The van der Waals surface area contributed by atoms with Crippen molar-refractivity contribution in [2.45, 2.75) is 0 Å². The number of rotatable bonds is 4. The molecule has 0 aliphatic carbocycles. The van der Waals surface area contributed by atoms with Crippen LogP contribution in [0.4, 0.5) is 0 Å². The van der Waals surface area contributed by atoms with E-state index < -0.39 is 228 Å². The van der Waals surface area contributed by atoms with Crippen molar-refractivity contribution < 1.29 is 38.7 Å². The van der Waals surface area contributed by atoms with E-state index in [2.05, 4.69) is 0 Å². The molecule has 1 heterocycles. The number of benzene rings is 9. The first-order chi connectivity index (χ1) is 34.7. The minimum Gasteiger partial charge on any atom is -0.455 e. The molecule has 0 spiro atoms. The van der Waals surface area contributed by atoms with E-state index in [0.717, 1.165) is 0 Å². The number of furan rings is 1. The first-order valence-electron chi connectivity index (χ1n) is 27.3. The van der Waals surface area contributed by atoms with Crippen LogP contribution in [0.15, 0.2) is 186 Å². The fourth-order valence-electron chi connectivity index (χ4n) is 6.19. The smallest absolute Gasteiger partial charge is 0.143 e.